The summed E-state index contributed by atoms with van der Waals surface area (Å²) in [6.45, 7) is 11.4. The SMILES string of the molecule is CCC[C@@H](C)C[C@H](CC(=O)OC(C)(C)C)C(=O)N1C(=O)O[C@H](c2ccccc2)[C@@H]1C. The van der Waals surface area contributed by atoms with Crippen molar-refractivity contribution in [2.24, 2.45) is 11.8 Å². The lowest BCUT2D eigenvalue weighted by Gasteiger charge is -2.27. The molecule has 1 saturated heterocycles. The van der Waals surface area contributed by atoms with Crippen LogP contribution in [-0.4, -0.2) is 34.5 Å². The van der Waals surface area contributed by atoms with E-state index in [1.54, 1.807) is 27.7 Å². The average Bonchev–Trinajstić information content (AvgIpc) is 2.94. The smallest absolute Gasteiger partial charge is 0.417 e. The molecule has 0 bridgehead atoms. The largest absolute Gasteiger partial charge is 0.460 e. The molecule has 2 amide bonds. The summed E-state index contributed by atoms with van der Waals surface area (Å²) in [5.74, 6) is -1.15. The van der Waals surface area contributed by atoms with E-state index < -0.39 is 35.7 Å². The van der Waals surface area contributed by atoms with E-state index >= 15 is 0 Å². The summed E-state index contributed by atoms with van der Waals surface area (Å²) in [6.07, 6.45) is 1.25. The number of cyclic esters (lactones) is 1. The van der Waals surface area contributed by atoms with Gasteiger partial charge in [0, 0.05) is 5.92 Å². The van der Waals surface area contributed by atoms with Gasteiger partial charge in [0.15, 0.2) is 0 Å². The van der Waals surface area contributed by atoms with Gasteiger partial charge in [-0.2, -0.15) is 0 Å². The number of rotatable bonds is 8. The Morgan fingerprint density at radius 1 is 1.20 bits per heavy atom. The fourth-order valence-corrected chi connectivity index (χ4v) is 3.99. The molecule has 1 aliphatic rings. The Morgan fingerprint density at radius 2 is 1.83 bits per heavy atom. The molecule has 0 N–H and O–H groups in total. The van der Waals surface area contributed by atoms with E-state index in [1.165, 1.54) is 4.90 Å². The molecule has 0 saturated carbocycles. The van der Waals surface area contributed by atoms with Crippen LogP contribution in [0.25, 0.3) is 0 Å². The van der Waals surface area contributed by atoms with Crippen LogP contribution in [0.15, 0.2) is 30.3 Å². The Labute approximate surface area is 179 Å². The second kappa shape index (κ2) is 10.1. The second-order valence-corrected chi connectivity index (χ2v) is 9.28. The van der Waals surface area contributed by atoms with Crippen molar-refractivity contribution in [2.75, 3.05) is 0 Å². The van der Waals surface area contributed by atoms with Crippen LogP contribution >= 0.6 is 0 Å². The molecule has 6 heteroatoms. The quantitative estimate of drug-likeness (QED) is 0.539. The summed E-state index contributed by atoms with van der Waals surface area (Å²) in [5, 5.41) is 0. The summed E-state index contributed by atoms with van der Waals surface area (Å²) < 4.78 is 11.0. The molecule has 4 atom stereocenters. The number of hydrogen-bond acceptors (Lipinski definition) is 5. The van der Waals surface area contributed by atoms with Gasteiger partial charge >= 0.3 is 12.1 Å². The molecule has 0 radical (unpaired) electrons. The van der Waals surface area contributed by atoms with Crippen molar-refractivity contribution in [2.45, 2.75) is 85.0 Å². The molecule has 0 spiro atoms. The summed E-state index contributed by atoms with van der Waals surface area (Å²) >= 11 is 0. The minimum atomic E-state index is -0.654. The Bertz CT molecular complexity index is 740. The molecule has 1 heterocycles. The molecule has 1 aromatic rings. The van der Waals surface area contributed by atoms with Gasteiger partial charge in [0.1, 0.15) is 11.7 Å². The zero-order chi connectivity index (χ0) is 22.5. The van der Waals surface area contributed by atoms with Gasteiger partial charge < -0.3 is 9.47 Å². The predicted octanol–water partition coefficient (Wildman–Crippen LogP) is 5.27. The van der Waals surface area contributed by atoms with Gasteiger partial charge in [-0.15, -0.1) is 0 Å². The minimum Gasteiger partial charge on any atom is -0.460 e. The molecule has 30 heavy (non-hydrogen) atoms. The third-order valence-electron chi connectivity index (χ3n) is 5.29. The lowest BCUT2D eigenvalue weighted by molar-refractivity contribution is -0.158. The Morgan fingerprint density at radius 3 is 2.40 bits per heavy atom. The third kappa shape index (κ3) is 6.31. The van der Waals surface area contributed by atoms with Crippen molar-refractivity contribution in [3.05, 3.63) is 35.9 Å². The number of carbonyl (C=O) groups excluding carboxylic acids is 3. The van der Waals surface area contributed by atoms with E-state index in [9.17, 15) is 14.4 Å². The standard InChI is InChI=1S/C24H35NO5/c1-7-11-16(2)14-19(15-20(26)30-24(4,5)6)22(27)25-17(3)21(29-23(25)28)18-12-9-8-10-13-18/h8-10,12-13,16-17,19,21H,7,11,14-15H2,1-6H3/t16-,17+,19-,21+/m1/s1. The summed E-state index contributed by atoms with van der Waals surface area (Å²) in [6, 6.07) is 8.94. The van der Waals surface area contributed by atoms with Gasteiger partial charge in [0.05, 0.1) is 12.5 Å². The van der Waals surface area contributed by atoms with Gasteiger partial charge in [-0.05, 0) is 45.6 Å². The maximum absolute atomic E-state index is 13.4. The normalized spacial score (nSPS) is 21.1. The van der Waals surface area contributed by atoms with Crippen molar-refractivity contribution in [3.8, 4) is 0 Å². The molecule has 166 valence electrons. The highest BCUT2D eigenvalue weighted by atomic mass is 16.6. The van der Waals surface area contributed by atoms with Gasteiger partial charge in [-0.1, -0.05) is 57.0 Å². The monoisotopic (exact) mass is 417 g/mol. The predicted molar refractivity (Wildman–Crippen MR) is 115 cm³/mol. The van der Waals surface area contributed by atoms with Crippen LogP contribution in [0, 0.1) is 11.8 Å². The molecule has 6 nitrogen and oxygen atoms in total. The fraction of sp³-hybridized carbons (Fsp3) is 0.625. The number of esters is 1. The number of hydrogen-bond donors (Lipinski definition) is 0. The highest BCUT2D eigenvalue weighted by molar-refractivity contribution is 5.96. The summed E-state index contributed by atoms with van der Waals surface area (Å²) in [5.41, 5.74) is 0.217. The van der Waals surface area contributed by atoms with Crippen molar-refractivity contribution in [3.63, 3.8) is 0 Å². The van der Waals surface area contributed by atoms with E-state index in [0.717, 1.165) is 18.4 Å². The first-order valence-corrected chi connectivity index (χ1v) is 10.8. The number of carbonyl (C=O) groups is 3. The van der Waals surface area contributed by atoms with Crippen LogP contribution < -0.4 is 0 Å². The van der Waals surface area contributed by atoms with Crippen LogP contribution in [-0.2, 0) is 19.1 Å². The van der Waals surface area contributed by atoms with Crippen molar-refractivity contribution in [1.82, 2.24) is 4.90 Å². The molecule has 1 fully saturated rings. The first-order chi connectivity index (χ1) is 14.0. The van der Waals surface area contributed by atoms with E-state index in [2.05, 4.69) is 13.8 Å². The molecular weight excluding hydrogens is 382 g/mol. The highest BCUT2D eigenvalue weighted by Gasteiger charge is 2.45. The molecule has 1 aliphatic heterocycles. The first kappa shape index (κ1) is 23.9. The fourth-order valence-electron chi connectivity index (χ4n) is 3.99. The van der Waals surface area contributed by atoms with Crippen molar-refractivity contribution >= 4 is 18.0 Å². The van der Waals surface area contributed by atoms with Crippen LogP contribution in [0.4, 0.5) is 4.79 Å². The first-order valence-electron chi connectivity index (χ1n) is 10.8. The Kier molecular flexibility index (Phi) is 8.04. The Hall–Kier alpha value is -2.37. The van der Waals surface area contributed by atoms with Crippen LogP contribution in [0.2, 0.25) is 0 Å². The van der Waals surface area contributed by atoms with E-state index in [1.807, 2.05) is 30.3 Å². The summed E-state index contributed by atoms with van der Waals surface area (Å²) in [7, 11) is 0. The molecule has 0 aromatic heterocycles. The average molecular weight is 418 g/mol. The van der Waals surface area contributed by atoms with Crippen LogP contribution in [0.3, 0.4) is 0 Å². The van der Waals surface area contributed by atoms with Gasteiger partial charge in [0.2, 0.25) is 5.91 Å². The minimum absolute atomic E-state index is 0.0450. The molecule has 2 rings (SSSR count). The van der Waals surface area contributed by atoms with Gasteiger partial charge in [-0.3, -0.25) is 9.59 Å². The van der Waals surface area contributed by atoms with Gasteiger partial charge in [-0.25, -0.2) is 9.69 Å². The summed E-state index contributed by atoms with van der Waals surface area (Å²) in [4.78, 5) is 39.7. The van der Waals surface area contributed by atoms with Crippen molar-refractivity contribution < 1.29 is 23.9 Å². The molecule has 0 aliphatic carbocycles. The number of ether oxygens (including phenoxy) is 2. The maximum Gasteiger partial charge on any atom is 0.417 e. The highest BCUT2D eigenvalue weighted by Crippen LogP contribution is 2.35. The zero-order valence-corrected chi connectivity index (χ0v) is 19.0. The van der Waals surface area contributed by atoms with E-state index in [4.69, 9.17) is 9.47 Å². The van der Waals surface area contributed by atoms with Crippen molar-refractivity contribution in [1.29, 1.82) is 0 Å². The third-order valence-corrected chi connectivity index (χ3v) is 5.29. The van der Waals surface area contributed by atoms with Crippen LogP contribution in [0.1, 0.15) is 78.9 Å². The second-order valence-electron chi connectivity index (χ2n) is 9.28. The van der Waals surface area contributed by atoms with E-state index in [0.29, 0.717) is 6.42 Å². The molecule has 1 aromatic carbocycles. The van der Waals surface area contributed by atoms with E-state index in [-0.39, 0.29) is 18.2 Å². The maximum atomic E-state index is 13.4. The van der Waals surface area contributed by atoms with Crippen LogP contribution in [0.5, 0.6) is 0 Å². The topological polar surface area (TPSA) is 72.9 Å². The molecular formula is C24H35NO5. The van der Waals surface area contributed by atoms with Gasteiger partial charge in [0.25, 0.3) is 0 Å². The number of nitrogens with zero attached hydrogens (tertiary/aromatic N) is 1. The lowest BCUT2D eigenvalue weighted by atomic mass is 9.89. The number of amides is 2. The Balaban J connectivity index is 2.20. The molecule has 0 unspecified atom stereocenters. The lowest BCUT2D eigenvalue weighted by Crippen LogP contribution is -2.43. The number of benzene rings is 1. The zero-order valence-electron chi connectivity index (χ0n) is 19.0. The number of imide groups is 1.